The van der Waals surface area contributed by atoms with Crippen molar-refractivity contribution in [2.45, 2.75) is 0 Å². The lowest BCUT2D eigenvalue weighted by Gasteiger charge is -2.07. The number of halogens is 2. The average Bonchev–Trinajstić information content (AvgIpc) is 2.84. The molecule has 18 heavy (non-hydrogen) atoms. The number of pyridine rings is 1. The second-order valence-electron chi connectivity index (χ2n) is 3.67. The average molecular weight is 326 g/mol. The van der Waals surface area contributed by atoms with Gasteiger partial charge in [0.05, 0.1) is 16.2 Å². The van der Waals surface area contributed by atoms with Crippen LogP contribution in [0.25, 0.3) is 16.6 Å². The summed E-state index contributed by atoms with van der Waals surface area (Å²) in [4.78, 5) is 18.3. The van der Waals surface area contributed by atoms with Gasteiger partial charge in [-0.2, -0.15) is 5.10 Å². The van der Waals surface area contributed by atoms with Gasteiger partial charge in [-0.3, -0.25) is 4.79 Å². The molecule has 1 N–H and O–H groups in total. The van der Waals surface area contributed by atoms with Gasteiger partial charge in [-0.25, -0.2) is 9.67 Å². The Morgan fingerprint density at radius 1 is 1.33 bits per heavy atom. The van der Waals surface area contributed by atoms with Crippen molar-refractivity contribution >= 4 is 38.4 Å². The number of hydrogen-bond donors (Lipinski definition) is 1. The van der Waals surface area contributed by atoms with E-state index in [1.54, 1.807) is 12.1 Å². The molecule has 2 heterocycles. The van der Waals surface area contributed by atoms with Gasteiger partial charge in [0.2, 0.25) is 0 Å². The molecule has 0 radical (unpaired) electrons. The minimum absolute atomic E-state index is 0.206. The van der Waals surface area contributed by atoms with Crippen LogP contribution in [0, 0.1) is 0 Å². The van der Waals surface area contributed by atoms with Crippen LogP contribution in [0.2, 0.25) is 5.02 Å². The topological polar surface area (TPSA) is 63.6 Å². The molecule has 0 aliphatic heterocycles. The van der Waals surface area contributed by atoms with E-state index in [1.165, 1.54) is 23.4 Å². The summed E-state index contributed by atoms with van der Waals surface area (Å²) in [5.74, 6) is 0. The minimum Gasteiger partial charge on any atom is -0.322 e. The molecule has 0 aliphatic carbocycles. The zero-order valence-electron chi connectivity index (χ0n) is 8.89. The van der Waals surface area contributed by atoms with Gasteiger partial charge in [0.25, 0.3) is 5.56 Å². The first-order valence-corrected chi connectivity index (χ1v) is 6.19. The van der Waals surface area contributed by atoms with Crippen molar-refractivity contribution in [1.29, 1.82) is 0 Å². The van der Waals surface area contributed by atoms with Gasteiger partial charge in [0.15, 0.2) is 0 Å². The van der Waals surface area contributed by atoms with Crippen molar-refractivity contribution in [2.75, 3.05) is 0 Å². The van der Waals surface area contributed by atoms with Crippen LogP contribution in [-0.4, -0.2) is 19.7 Å². The van der Waals surface area contributed by atoms with Gasteiger partial charge < -0.3 is 4.98 Å². The van der Waals surface area contributed by atoms with Crippen molar-refractivity contribution in [2.24, 2.45) is 0 Å². The number of hydrogen-bond acceptors (Lipinski definition) is 3. The van der Waals surface area contributed by atoms with Crippen molar-refractivity contribution < 1.29 is 0 Å². The van der Waals surface area contributed by atoms with Gasteiger partial charge in [-0.1, -0.05) is 11.6 Å². The van der Waals surface area contributed by atoms with Gasteiger partial charge >= 0.3 is 0 Å². The Labute approximate surface area is 115 Å². The van der Waals surface area contributed by atoms with E-state index in [9.17, 15) is 4.79 Å². The Bertz CT molecular complexity index is 782. The predicted molar refractivity (Wildman–Crippen MR) is 72.2 cm³/mol. The molecule has 0 saturated heterocycles. The van der Waals surface area contributed by atoms with Crippen LogP contribution in [0.5, 0.6) is 0 Å². The third-order valence-electron chi connectivity index (χ3n) is 2.53. The molecule has 1 aromatic carbocycles. The van der Waals surface area contributed by atoms with Gasteiger partial charge in [0.1, 0.15) is 12.7 Å². The lowest BCUT2D eigenvalue weighted by molar-refractivity contribution is 0.882. The van der Waals surface area contributed by atoms with E-state index in [4.69, 9.17) is 11.6 Å². The largest absolute Gasteiger partial charge is 0.322 e. The summed E-state index contributed by atoms with van der Waals surface area (Å²) < 4.78 is 2.25. The summed E-state index contributed by atoms with van der Waals surface area (Å²) in [5.41, 5.74) is 1.12. The van der Waals surface area contributed by atoms with Gasteiger partial charge in [-0.15, -0.1) is 0 Å². The van der Waals surface area contributed by atoms with Crippen LogP contribution in [-0.2, 0) is 0 Å². The monoisotopic (exact) mass is 324 g/mol. The van der Waals surface area contributed by atoms with E-state index >= 15 is 0 Å². The lowest BCUT2D eigenvalue weighted by atomic mass is 10.2. The third-order valence-corrected chi connectivity index (χ3v) is 3.72. The molecule has 90 valence electrons. The zero-order valence-corrected chi connectivity index (χ0v) is 11.2. The number of nitrogens with zero attached hydrogens (tertiary/aromatic N) is 3. The van der Waals surface area contributed by atoms with E-state index in [1.807, 2.05) is 0 Å². The zero-order chi connectivity index (χ0) is 12.7. The highest BCUT2D eigenvalue weighted by Crippen LogP contribution is 2.29. The molecule has 0 bridgehead atoms. The maximum Gasteiger partial charge on any atom is 0.250 e. The van der Waals surface area contributed by atoms with E-state index < -0.39 is 0 Å². The van der Waals surface area contributed by atoms with E-state index in [0.717, 1.165) is 9.86 Å². The third kappa shape index (κ3) is 1.83. The number of aromatic nitrogens is 4. The van der Waals surface area contributed by atoms with Crippen LogP contribution in [0.1, 0.15) is 0 Å². The first-order valence-electron chi connectivity index (χ1n) is 5.02. The molecule has 7 heteroatoms. The number of benzene rings is 1. The Kier molecular flexibility index (Phi) is 2.68. The van der Waals surface area contributed by atoms with Crippen LogP contribution in [0.3, 0.4) is 0 Å². The van der Waals surface area contributed by atoms with Crippen molar-refractivity contribution in [3.63, 3.8) is 0 Å². The molecule has 0 fully saturated rings. The number of nitrogens with one attached hydrogen (secondary N) is 1. The maximum atomic E-state index is 11.6. The number of H-pyrrole nitrogens is 1. The second kappa shape index (κ2) is 4.22. The lowest BCUT2D eigenvalue weighted by Crippen LogP contribution is -2.08. The molecule has 3 aromatic rings. The fraction of sp³-hybridized carbons (Fsp3) is 0. The number of fused-ring (bicyclic) bond motifs is 1. The summed E-state index contributed by atoms with van der Waals surface area (Å²) in [6.45, 7) is 0. The maximum absolute atomic E-state index is 11.6. The normalized spacial score (nSPS) is 11.0. The van der Waals surface area contributed by atoms with Gasteiger partial charge in [0, 0.05) is 15.9 Å². The Hall–Kier alpha value is -1.66. The summed E-state index contributed by atoms with van der Waals surface area (Å²) in [7, 11) is 0. The van der Waals surface area contributed by atoms with Crippen LogP contribution in [0.4, 0.5) is 0 Å². The fourth-order valence-electron chi connectivity index (χ4n) is 1.76. The molecular formula is C11H6BrClN4O. The first kappa shape index (κ1) is 11.4. The molecule has 0 spiro atoms. The predicted octanol–water partition coefficient (Wildman–Crippen LogP) is 2.52. The standard InChI is InChI=1S/C11H6BrClN4O/c12-7-2-9-6(1-8(7)13)10(3-11(18)16-9)17-5-14-4-15-17/h1-5H,(H,16,18). The Balaban J connectivity index is 2.44. The van der Waals surface area contributed by atoms with E-state index in [2.05, 4.69) is 31.0 Å². The SMILES string of the molecule is O=c1cc(-n2cncn2)c2cc(Cl)c(Br)cc2[nH]1. The molecule has 0 saturated carbocycles. The number of rotatable bonds is 1. The minimum atomic E-state index is -0.206. The van der Waals surface area contributed by atoms with Crippen molar-refractivity contribution in [1.82, 2.24) is 19.7 Å². The highest BCUT2D eigenvalue weighted by Gasteiger charge is 2.09. The van der Waals surface area contributed by atoms with Gasteiger partial charge in [-0.05, 0) is 28.1 Å². The molecule has 0 atom stereocenters. The first-order chi connectivity index (χ1) is 8.65. The molecule has 3 rings (SSSR count). The number of aromatic amines is 1. The van der Waals surface area contributed by atoms with E-state index in [0.29, 0.717) is 16.2 Å². The summed E-state index contributed by atoms with van der Waals surface area (Å²) in [5, 5.41) is 5.39. The summed E-state index contributed by atoms with van der Waals surface area (Å²) >= 11 is 9.40. The molecule has 0 aliphatic rings. The molecular weight excluding hydrogens is 320 g/mol. The van der Waals surface area contributed by atoms with Crippen LogP contribution < -0.4 is 5.56 Å². The Morgan fingerprint density at radius 3 is 2.89 bits per heavy atom. The summed E-state index contributed by atoms with van der Waals surface area (Å²) in [6.07, 6.45) is 2.94. The molecule has 5 nitrogen and oxygen atoms in total. The second-order valence-corrected chi connectivity index (χ2v) is 4.93. The smallest absolute Gasteiger partial charge is 0.250 e. The highest BCUT2D eigenvalue weighted by atomic mass is 79.9. The van der Waals surface area contributed by atoms with E-state index in [-0.39, 0.29) is 5.56 Å². The highest BCUT2D eigenvalue weighted by molar-refractivity contribution is 9.10. The summed E-state index contributed by atoms with van der Waals surface area (Å²) in [6, 6.07) is 4.99. The molecule has 0 amide bonds. The Morgan fingerprint density at radius 2 is 2.17 bits per heavy atom. The molecule has 0 unspecified atom stereocenters. The molecule has 2 aromatic heterocycles. The van der Waals surface area contributed by atoms with Crippen LogP contribution in [0.15, 0.2) is 40.1 Å². The fourth-order valence-corrected chi connectivity index (χ4v) is 2.26. The van der Waals surface area contributed by atoms with Crippen molar-refractivity contribution in [3.8, 4) is 5.69 Å². The quantitative estimate of drug-likeness (QED) is 0.748. The van der Waals surface area contributed by atoms with Crippen molar-refractivity contribution in [3.05, 3.63) is 50.7 Å². The van der Waals surface area contributed by atoms with Crippen LogP contribution >= 0.6 is 27.5 Å².